The smallest absolute Gasteiger partial charge is 0.211 e. The second kappa shape index (κ2) is 16.0. The van der Waals surface area contributed by atoms with E-state index in [9.17, 15) is 10.2 Å². The van der Waals surface area contributed by atoms with E-state index in [0.29, 0.717) is 36.9 Å². The van der Waals surface area contributed by atoms with Crippen molar-refractivity contribution in [1.82, 2.24) is 0 Å². The molecule has 5 heteroatoms. The predicted octanol–water partition coefficient (Wildman–Crippen LogP) is 7.28. The van der Waals surface area contributed by atoms with Crippen molar-refractivity contribution in [3.63, 3.8) is 0 Å². The second-order valence-electron chi connectivity index (χ2n) is 8.04. The van der Waals surface area contributed by atoms with Gasteiger partial charge in [0.25, 0.3) is 0 Å². The van der Waals surface area contributed by atoms with Gasteiger partial charge in [0, 0.05) is 5.56 Å². The van der Waals surface area contributed by atoms with Crippen molar-refractivity contribution in [3.05, 3.63) is 5.56 Å². The molecule has 30 heavy (non-hydrogen) atoms. The van der Waals surface area contributed by atoms with E-state index in [-0.39, 0.29) is 17.2 Å². The van der Waals surface area contributed by atoms with Gasteiger partial charge in [0.15, 0.2) is 11.5 Å². The Labute approximate surface area is 183 Å². The van der Waals surface area contributed by atoms with Gasteiger partial charge in [-0.05, 0) is 26.2 Å². The molecule has 1 aromatic carbocycles. The first-order valence-corrected chi connectivity index (χ1v) is 12.0. The second-order valence-corrected chi connectivity index (χ2v) is 8.04. The van der Waals surface area contributed by atoms with Gasteiger partial charge in [-0.2, -0.15) is 0 Å². The van der Waals surface area contributed by atoms with Crippen LogP contribution in [0.4, 0.5) is 0 Å². The van der Waals surface area contributed by atoms with Gasteiger partial charge in [0.2, 0.25) is 17.2 Å². The van der Waals surface area contributed by atoms with Crippen LogP contribution in [0, 0.1) is 6.92 Å². The lowest BCUT2D eigenvalue weighted by atomic mass is 10.1. The van der Waals surface area contributed by atoms with Gasteiger partial charge in [-0.25, -0.2) is 0 Å². The molecule has 2 N–H and O–H groups in total. The summed E-state index contributed by atoms with van der Waals surface area (Å²) in [5, 5.41) is 21.0. The lowest BCUT2D eigenvalue weighted by Gasteiger charge is -2.21. The molecule has 174 valence electrons. The van der Waals surface area contributed by atoms with Crippen molar-refractivity contribution in [2.24, 2.45) is 0 Å². The molecule has 0 aliphatic carbocycles. The van der Waals surface area contributed by atoms with E-state index in [4.69, 9.17) is 14.2 Å². The van der Waals surface area contributed by atoms with E-state index in [1.807, 2.05) is 0 Å². The van der Waals surface area contributed by atoms with Crippen molar-refractivity contribution < 1.29 is 24.4 Å². The molecule has 0 saturated carbocycles. The lowest BCUT2D eigenvalue weighted by Crippen LogP contribution is -2.08. The summed E-state index contributed by atoms with van der Waals surface area (Å²) >= 11 is 0. The summed E-state index contributed by atoms with van der Waals surface area (Å²) in [5.41, 5.74) is 0.491. The Morgan fingerprint density at radius 2 is 0.900 bits per heavy atom. The first-order valence-electron chi connectivity index (χ1n) is 12.0. The van der Waals surface area contributed by atoms with Crippen LogP contribution in [0.5, 0.6) is 28.7 Å². The zero-order valence-corrected chi connectivity index (χ0v) is 19.7. The maximum Gasteiger partial charge on any atom is 0.211 e. The first-order chi connectivity index (χ1) is 14.6. The number of phenolic OH excluding ortho intramolecular Hbond substituents is 2. The quantitative estimate of drug-likeness (QED) is 0.191. The van der Waals surface area contributed by atoms with Gasteiger partial charge in [-0.1, -0.05) is 78.6 Å². The van der Waals surface area contributed by atoms with Crippen molar-refractivity contribution in [1.29, 1.82) is 0 Å². The highest BCUT2D eigenvalue weighted by molar-refractivity contribution is 5.68. The van der Waals surface area contributed by atoms with Crippen LogP contribution in [0.3, 0.4) is 0 Å². The zero-order chi connectivity index (χ0) is 22.2. The molecule has 1 rings (SSSR count). The Morgan fingerprint density at radius 1 is 0.500 bits per heavy atom. The fourth-order valence-corrected chi connectivity index (χ4v) is 3.32. The number of aromatic hydroxyl groups is 2. The Kier molecular flexibility index (Phi) is 14.0. The number of unbranched alkanes of at least 4 members (excludes halogenated alkanes) is 9. The third kappa shape index (κ3) is 8.93. The fourth-order valence-electron chi connectivity index (χ4n) is 3.32. The zero-order valence-electron chi connectivity index (χ0n) is 19.7. The van der Waals surface area contributed by atoms with E-state index in [1.54, 1.807) is 6.92 Å². The molecule has 0 amide bonds. The predicted molar refractivity (Wildman–Crippen MR) is 123 cm³/mol. The van der Waals surface area contributed by atoms with Gasteiger partial charge in [0.1, 0.15) is 0 Å². The Balaban J connectivity index is 2.98. The average Bonchev–Trinajstić information content (AvgIpc) is 2.75. The normalized spacial score (nSPS) is 10.9. The van der Waals surface area contributed by atoms with Crippen LogP contribution in [0.15, 0.2) is 0 Å². The Bertz CT molecular complexity index is 544. The van der Waals surface area contributed by atoms with Gasteiger partial charge in [-0.3, -0.25) is 0 Å². The highest BCUT2D eigenvalue weighted by Crippen LogP contribution is 2.52. The molecule has 0 aliphatic rings. The van der Waals surface area contributed by atoms with Gasteiger partial charge >= 0.3 is 0 Å². The number of rotatable bonds is 18. The van der Waals surface area contributed by atoms with E-state index >= 15 is 0 Å². The Morgan fingerprint density at radius 3 is 1.33 bits per heavy atom. The van der Waals surface area contributed by atoms with Crippen LogP contribution >= 0.6 is 0 Å². The molecule has 1 aromatic rings. The molecule has 0 aliphatic heterocycles. The summed E-state index contributed by atoms with van der Waals surface area (Å²) in [4.78, 5) is 0. The summed E-state index contributed by atoms with van der Waals surface area (Å²) in [5.74, 6) is 0.658. The number of ether oxygens (including phenoxy) is 3. The van der Waals surface area contributed by atoms with Gasteiger partial charge in [-0.15, -0.1) is 0 Å². The molecule has 0 radical (unpaired) electrons. The standard InChI is InChI=1S/C25H44O5/c1-5-8-11-14-17-28-23-20(4)21(26)22(27)24(29-18-15-12-9-6-2)25(23)30-19-16-13-10-7-3/h26-27H,5-19H2,1-4H3. The van der Waals surface area contributed by atoms with E-state index in [2.05, 4.69) is 20.8 Å². The van der Waals surface area contributed by atoms with Crippen LogP contribution in [-0.4, -0.2) is 30.0 Å². The van der Waals surface area contributed by atoms with Crippen molar-refractivity contribution in [2.45, 2.75) is 105 Å². The monoisotopic (exact) mass is 424 g/mol. The third-order valence-corrected chi connectivity index (χ3v) is 5.28. The van der Waals surface area contributed by atoms with Crippen molar-refractivity contribution in [2.75, 3.05) is 19.8 Å². The summed E-state index contributed by atoms with van der Waals surface area (Å²) in [6.45, 7) is 9.81. The van der Waals surface area contributed by atoms with E-state index in [0.717, 1.165) is 57.8 Å². The van der Waals surface area contributed by atoms with Crippen LogP contribution in [-0.2, 0) is 0 Å². The van der Waals surface area contributed by atoms with E-state index in [1.165, 1.54) is 19.3 Å². The maximum absolute atomic E-state index is 10.6. The largest absolute Gasteiger partial charge is 0.504 e. The topological polar surface area (TPSA) is 68.2 Å². The minimum atomic E-state index is -0.259. The number of benzene rings is 1. The number of hydrogen-bond donors (Lipinski definition) is 2. The number of phenols is 2. The van der Waals surface area contributed by atoms with Gasteiger partial charge in [0.05, 0.1) is 19.8 Å². The molecule has 0 spiro atoms. The minimum absolute atomic E-state index is 0.194. The SMILES string of the molecule is CCCCCCOc1c(C)c(O)c(O)c(OCCCCCC)c1OCCCCCC. The van der Waals surface area contributed by atoms with Gasteiger partial charge < -0.3 is 24.4 Å². The molecule has 0 atom stereocenters. The lowest BCUT2D eigenvalue weighted by molar-refractivity contribution is 0.223. The highest BCUT2D eigenvalue weighted by atomic mass is 16.5. The third-order valence-electron chi connectivity index (χ3n) is 5.28. The van der Waals surface area contributed by atoms with E-state index < -0.39 is 0 Å². The first kappa shape index (κ1) is 26.3. The maximum atomic E-state index is 10.6. The van der Waals surface area contributed by atoms with Crippen LogP contribution in [0.25, 0.3) is 0 Å². The average molecular weight is 425 g/mol. The number of hydrogen-bond acceptors (Lipinski definition) is 5. The molecule has 0 unspecified atom stereocenters. The van der Waals surface area contributed by atoms with Crippen LogP contribution in [0.2, 0.25) is 0 Å². The minimum Gasteiger partial charge on any atom is -0.504 e. The molecule has 0 saturated heterocycles. The highest BCUT2D eigenvalue weighted by Gasteiger charge is 2.25. The van der Waals surface area contributed by atoms with Crippen molar-refractivity contribution >= 4 is 0 Å². The molecule has 0 heterocycles. The van der Waals surface area contributed by atoms with Crippen LogP contribution < -0.4 is 14.2 Å². The molecule has 5 nitrogen and oxygen atoms in total. The molecule has 0 aromatic heterocycles. The summed E-state index contributed by atoms with van der Waals surface area (Å²) in [6, 6.07) is 0. The molecule has 0 fully saturated rings. The summed E-state index contributed by atoms with van der Waals surface area (Å²) < 4.78 is 18.0. The molecule has 0 bridgehead atoms. The Hall–Kier alpha value is -1.78. The molecular formula is C25H44O5. The summed E-state index contributed by atoms with van der Waals surface area (Å²) in [7, 11) is 0. The fraction of sp³-hybridized carbons (Fsp3) is 0.760. The molecular weight excluding hydrogens is 380 g/mol. The van der Waals surface area contributed by atoms with Crippen LogP contribution in [0.1, 0.15) is 103 Å². The summed E-state index contributed by atoms with van der Waals surface area (Å²) in [6.07, 6.45) is 13.0. The van der Waals surface area contributed by atoms with Crippen molar-refractivity contribution in [3.8, 4) is 28.7 Å².